The molecule has 0 saturated heterocycles. The number of rotatable bonds is 8. The summed E-state index contributed by atoms with van der Waals surface area (Å²) in [6, 6.07) is 7.81. The number of nitrogens with one attached hydrogen (secondary N) is 1. The van der Waals surface area contributed by atoms with Gasteiger partial charge in [-0.15, -0.1) is 0 Å². The fraction of sp³-hybridized carbons (Fsp3) is 0.500. The molecule has 100 valence electrons. The van der Waals surface area contributed by atoms with Crippen molar-refractivity contribution in [2.45, 2.75) is 26.2 Å². The van der Waals surface area contributed by atoms with Gasteiger partial charge in [0.2, 0.25) is 0 Å². The van der Waals surface area contributed by atoms with Crippen molar-refractivity contribution in [3.05, 3.63) is 29.8 Å². The van der Waals surface area contributed by atoms with Crippen LogP contribution in [-0.4, -0.2) is 30.8 Å². The van der Waals surface area contributed by atoms with E-state index < -0.39 is 0 Å². The predicted octanol–water partition coefficient (Wildman–Crippen LogP) is 1.52. The molecule has 1 aromatic rings. The van der Waals surface area contributed by atoms with E-state index >= 15 is 0 Å². The van der Waals surface area contributed by atoms with Crippen molar-refractivity contribution in [2.75, 3.05) is 19.8 Å². The maximum absolute atomic E-state index is 11.2. The Morgan fingerprint density at radius 1 is 1.33 bits per heavy atom. The number of carbonyl (C=O) groups excluding carboxylic acids is 1. The molecule has 0 aliphatic heterocycles. The molecule has 0 bridgehead atoms. The van der Waals surface area contributed by atoms with Crippen molar-refractivity contribution >= 4 is 5.91 Å². The molecule has 4 heteroatoms. The molecule has 0 aliphatic carbocycles. The van der Waals surface area contributed by atoms with Crippen LogP contribution in [0.5, 0.6) is 5.75 Å². The van der Waals surface area contributed by atoms with Gasteiger partial charge in [0, 0.05) is 6.54 Å². The SMILES string of the molecule is CCCCc1ccc(OCC(=O)NCCO)cc1. The highest BCUT2D eigenvalue weighted by atomic mass is 16.5. The standard InChI is InChI=1S/C14H21NO3/c1-2-3-4-12-5-7-13(8-6-12)18-11-14(17)15-9-10-16/h5-8,16H,2-4,9-11H2,1H3,(H,15,17). The number of aliphatic hydroxyl groups excluding tert-OH is 1. The molecular weight excluding hydrogens is 230 g/mol. The van der Waals surface area contributed by atoms with Gasteiger partial charge < -0.3 is 15.2 Å². The van der Waals surface area contributed by atoms with Gasteiger partial charge in [0.15, 0.2) is 6.61 Å². The molecule has 0 saturated carbocycles. The van der Waals surface area contributed by atoms with E-state index in [0.717, 1.165) is 6.42 Å². The first-order valence-corrected chi connectivity index (χ1v) is 6.35. The van der Waals surface area contributed by atoms with Crippen LogP contribution in [0.1, 0.15) is 25.3 Å². The molecule has 0 atom stereocenters. The zero-order valence-electron chi connectivity index (χ0n) is 10.8. The van der Waals surface area contributed by atoms with E-state index in [-0.39, 0.29) is 25.7 Å². The van der Waals surface area contributed by atoms with Crippen LogP contribution in [-0.2, 0) is 11.2 Å². The average molecular weight is 251 g/mol. The van der Waals surface area contributed by atoms with E-state index in [1.54, 1.807) is 0 Å². The highest BCUT2D eigenvalue weighted by molar-refractivity contribution is 5.77. The van der Waals surface area contributed by atoms with E-state index in [2.05, 4.69) is 12.2 Å². The molecule has 0 aliphatic rings. The number of aliphatic hydroxyl groups is 1. The van der Waals surface area contributed by atoms with Crippen LogP contribution in [0, 0.1) is 0 Å². The van der Waals surface area contributed by atoms with Gasteiger partial charge in [-0.05, 0) is 30.5 Å². The number of benzene rings is 1. The van der Waals surface area contributed by atoms with Crippen LogP contribution in [0.15, 0.2) is 24.3 Å². The monoisotopic (exact) mass is 251 g/mol. The molecule has 0 unspecified atom stereocenters. The third kappa shape index (κ3) is 5.68. The van der Waals surface area contributed by atoms with Gasteiger partial charge in [0.1, 0.15) is 5.75 Å². The highest BCUT2D eigenvalue weighted by Crippen LogP contribution is 2.13. The maximum Gasteiger partial charge on any atom is 0.258 e. The lowest BCUT2D eigenvalue weighted by molar-refractivity contribution is -0.123. The molecule has 1 rings (SSSR count). The molecule has 4 nitrogen and oxygen atoms in total. The number of hydrogen-bond acceptors (Lipinski definition) is 3. The normalized spacial score (nSPS) is 10.1. The Hall–Kier alpha value is -1.55. The summed E-state index contributed by atoms with van der Waals surface area (Å²) in [5, 5.41) is 11.1. The molecule has 0 heterocycles. The summed E-state index contributed by atoms with van der Waals surface area (Å²) in [5.41, 5.74) is 1.29. The number of amides is 1. The number of aryl methyl sites for hydroxylation is 1. The molecule has 0 aromatic heterocycles. The molecular formula is C14H21NO3. The lowest BCUT2D eigenvalue weighted by atomic mass is 10.1. The highest BCUT2D eigenvalue weighted by Gasteiger charge is 2.01. The van der Waals surface area contributed by atoms with Crippen molar-refractivity contribution < 1.29 is 14.6 Å². The molecule has 0 radical (unpaired) electrons. The summed E-state index contributed by atoms with van der Waals surface area (Å²) < 4.78 is 5.33. The topological polar surface area (TPSA) is 58.6 Å². The van der Waals surface area contributed by atoms with E-state index in [4.69, 9.17) is 9.84 Å². The zero-order chi connectivity index (χ0) is 13.2. The van der Waals surface area contributed by atoms with Gasteiger partial charge in [0.25, 0.3) is 5.91 Å². The predicted molar refractivity (Wildman–Crippen MR) is 70.6 cm³/mol. The fourth-order valence-electron chi connectivity index (χ4n) is 1.53. The van der Waals surface area contributed by atoms with E-state index in [0.29, 0.717) is 5.75 Å². The Morgan fingerprint density at radius 2 is 2.06 bits per heavy atom. The van der Waals surface area contributed by atoms with Crippen molar-refractivity contribution in [3.8, 4) is 5.75 Å². The third-order valence-corrected chi connectivity index (χ3v) is 2.55. The van der Waals surface area contributed by atoms with Gasteiger partial charge >= 0.3 is 0 Å². The van der Waals surface area contributed by atoms with Gasteiger partial charge in [-0.1, -0.05) is 25.5 Å². The summed E-state index contributed by atoms with van der Waals surface area (Å²) in [6.07, 6.45) is 3.45. The van der Waals surface area contributed by atoms with Crippen LogP contribution in [0.25, 0.3) is 0 Å². The van der Waals surface area contributed by atoms with Gasteiger partial charge in [-0.3, -0.25) is 4.79 Å². The Labute approximate surface area is 108 Å². The first-order chi connectivity index (χ1) is 8.76. The smallest absolute Gasteiger partial charge is 0.258 e. The lowest BCUT2D eigenvalue weighted by Gasteiger charge is -2.07. The summed E-state index contributed by atoms with van der Waals surface area (Å²) in [4.78, 5) is 11.2. The minimum absolute atomic E-state index is 0.0195. The second kappa shape index (κ2) is 8.53. The Bertz CT molecular complexity index is 349. The van der Waals surface area contributed by atoms with Crippen molar-refractivity contribution in [2.24, 2.45) is 0 Å². The summed E-state index contributed by atoms with van der Waals surface area (Å²) >= 11 is 0. The van der Waals surface area contributed by atoms with Crippen LogP contribution in [0.3, 0.4) is 0 Å². The summed E-state index contributed by atoms with van der Waals surface area (Å²) in [6.45, 7) is 2.35. The third-order valence-electron chi connectivity index (χ3n) is 2.55. The quantitative estimate of drug-likeness (QED) is 0.736. The van der Waals surface area contributed by atoms with E-state index in [9.17, 15) is 4.79 Å². The van der Waals surface area contributed by atoms with Crippen molar-refractivity contribution in [1.82, 2.24) is 5.32 Å². The molecule has 0 fully saturated rings. The van der Waals surface area contributed by atoms with E-state index in [1.165, 1.54) is 18.4 Å². The molecule has 1 aromatic carbocycles. The summed E-state index contributed by atoms with van der Waals surface area (Å²) in [7, 11) is 0. The van der Waals surface area contributed by atoms with Crippen molar-refractivity contribution in [3.63, 3.8) is 0 Å². The second-order valence-corrected chi connectivity index (χ2v) is 4.11. The number of hydrogen-bond donors (Lipinski definition) is 2. The van der Waals surface area contributed by atoms with Crippen LogP contribution < -0.4 is 10.1 Å². The van der Waals surface area contributed by atoms with Gasteiger partial charge in [-0.2, -0.15) is 0 Å². The molecule has 1 amide bonds. The Kier molecular flexibility index (Phi) is 6.87. The Balaban J connectivity index is 2.32. The van der Waals surface area contributed by atoms with Crippen molar-refractivity contribution in [1.29, 1.82) is 0 Å². The minimum atomic E-state index is -0.223. The first-order valence-electron chi connectivity index (χ1n) is 6.35. The van der Waals surface area contributed by atoms with E-state index in [1.807, 2.05) is 24.3 Å². The first kappa shape index (κ1) is 14.5. The largest absolute Gasteiger partial charge is 0.484 e. The molecule has 18 heavy (non-hydrogen) atoms. The molecule has 0 spiro atoms. The van der Waals surface area contributed by atoms with Crippen LogP contribution >= 0.6 is 0 Å². The lowest BCUT2D eigenvalue weighted by Crippen LogP contribution is -2.31. The second-order valence-electron chi connectivity index (χ2n) is 4.11. The number of carbonyl (C=O) groups is 1. The van der Waals surface area contributed by atoms with Gasteiger partial charge in [0.05, 0.1) is 6.61 Å². The fourth-order valence-corrected chi connectivity index (χ4v) is 1.53. The van der Waals surface area contributed by atoms with Crippen LogP contribution in [0.4, 0.5) is 0 Å². The van der Waals surface area contributed by atoms with Crippen LogP contribution in [0.2, 0.25) is 0 Å². The number of ether oxygens (including phenoxy) is 1. The Morgan fingerprint density at radius 3 is 2.67 bits per heavy atom. The molecule has 2 N–H and O–H groups in total. The summed E-state index contributed by atoms with van der Waals surface area (Å²) in [5.74, 6) is 0.466. The minimum Gasteiger partial charge on any atom is -0.484 e. The average Bonchev–Trinajstić information content (AvgIpc) is 2.41. The number of unbranched alkanes of at least 4 members (excludes halogenated alkanes) is 1. The maximum atomic E-state index is 11.2. The van der Waals surface area contributed by atoms with Gasteiger partial charge in [-0.25, -0.2) is 0 Å². The zero-order valence-corrected chi connectivity index (χ0v) is 10.8.